The first-order chi connectivity index (χ1) is 6.54. The lowest BCUT2D eigenvalue weighted by molar-refractivity contribution is -0.127. The van der Waals surface area contributed by atoms with E-state index < -0.39 is 0 Å². The Kier molecular flexibility index (Phi) is 3.49. The summed E-state index contributed by atoms with van der Waals surface area (Å²) in [7, 11) is 0. The van der Waals surface area contributed by atoms with Crippen LogP contribution in [0.2, 0.25) is 0 Å². The highest BCUT2D eigenvalue weighted by atomic mass is 16.2. The van der Waals surface area contributed by atoms with Gasteiger partial charge in [-0.1, -0.05) is 13.8 Å². The molecule has 80 valence electrons. The molecule has 0 aliphatic carbocycles. The summed E-state index contributed by atoms with van der Waals surface area (Å²) in [5.74, 6) is 0.156. The van der Waals surface area contributed by atoms with Gasteiger partial charge in [-0.05, 0) is 6.92 Å². The first-order valence-electron chi connectivity index (χ1n) is 5.12. The van der Waals surface area contributed by atoms with Gasteiger partial charge in [0.25, 0.3) is 0 Å². The number of carbonyl (C=O) groups is 2. The molecular weight excluding hydrogens is 180 g/mol. The number of hydrogen-bond acceptors (Lipinski definition) is 2. The third kappa shape index (κ3) is 2.47. The SMILES string of the molecule is CCN1CC(NC(=O)C(C)C)CC1=O. The maximum absolute atomic E-state index is 11.4. The van der Waals surface area contributed by atoms with E-state index in [1.165, 1.54) is 0 Å². The maximum Gasteiger partial charge on any atom is 0.224 e. The van der Waals surface area contributed by atoms with Gasteiger partial charge in [0.15, 0.2) is 0 Å². The topological polar surface area (TPSA) is 49.4 Å². The zero-order valence-electron chi connectivity index (χ0n) is 9.04. The number of carbonyl (C=O) groups excluding carboxylic acids is 2. The van der Waals surface area contributed by atoms with Gasteiger partial charge < -0.3 is 10.2 Å². The fraction of sp³-hybridized carbons (Fsp3) is 0.800. The smallest absolute Gasteiger partial charge is 0.224 e. The highest BCUT2D eigenvalue weighted by molar-refractivity contribution is 5.82. The molecule has 0 aromatic carbocycles. The van der Waals surface area contributed by atoms with Crippen molar-refractivity contribution in [3.63, 3.8) is 0 Å². The van der Waals surface area contributed by atoms with Gasteiger partial charge in [-0.15, -0.1) is 0 Å². The summed E-state index contributed by atoms with van der Waals surface area (Å²) in [6.45, 7) is 7.04. The molecule has 0 saturated carbocycles. The Morgan fingerprint density at radius 2 is 2.29 bits per heavy atom. The van der Waals surface area contributed by atoms with Crippen molar-refractivity contribution in [2.75, 3.05) is 13.1 Å². The Morgan fingerprint density at radius 3 is 2.71 bits per heavy atom. The summed E-state index contributed by atoms with van der Waals surface area (Å²) in [6.07, 6.45) is 0.451. The quantitative estimate of drug-likeness (QED) is 0.712. The van der Waals surface area contributed by atoms with Gasteiger partial charge in [0.2, 0.25) is 11.8 Å². The molecule has 1 N–H and O–H groups in total. The van der Waals surface area contributed by atoms with Gasteiger partial charge in [-0.3, -0.25) is 9.59 Å². The van der Waals surface area contributed by atoms with Crippen LogP contribution in [0.5, 0.6) is 0 Å². The Morgan fingerprint density at radius 1 is 1.64 bits per heavy atom. The molecule has 1 aliphatic heterocycles. The van der Waals surface area contributed by atoms with Crippen molar-refractivity contribution in [3.8, 4) is 0 Å². The van der Waals surface area contributed by atoms with Gasteiger partial charge in [-0.2, -0.15) is 0 Å². The fourth-order valence-electron chi connectivity index (χ4n) is 1.54. The molecule has 0 aromatic heterocycles. The number of rotatable bonds is 3. The van der Waals surface area contributed by atoms with Crippen LogP contribution < -0.4 is 5.32 Å². The minimum atomic E-state index is -0.0132. The molecule has 14 heavy (non-hydrogen) atoms. The van der Waals surface area contributed by atoms with E-state index in [0.29, 0.717) is 13.0 Å². The average molecular weight is 198 g/mol. The highest BCUT2D eigenvalue weighted by Gasteiger charge is 2.29. The Hall–Kier alpha value is -1.06. The Bertz CT molecular complexity index is 238. The zero-order valence-corrected chi connectivity index (χ0v) is 9.04. The second kappa shape index (κ2) is 4.44. The minimum absolute atomic E-state index is 0.0114. The first kappa shape index (κ1) is 11.0. The fourth-order valence-corrected chi connectivity index (χ4v) is 1.54. The molecule has 1 fully saturated rings. The minimum Gasteiger partial charge on any atom is -0.351 e. The summed E-state index contributed by atoms with van der Waals surface area (Å²) >= 11 is 0. The normalized spacial score (nSPS) is 21.9. The van der Waals surface area contributed by atoms with Gasteiger partial charge in [0.1, 0.15) is 0 Å². The van der Waals surface area contributed by atoms with Gasteiger partial charge in [-0.25, -0.2) is 0 Å². The Balaban J connectivity index is 2.42. The maximum atomic E-state index is 11.4. The molecule has 1 rings (SSSR count). The summed E-state index contributed by atoms with van der Waals surface area (Å²) in [5.41, 5.74) is 0. The van der Waals surface area contributed by atoms with E-state index in [1.807, 2.05) is 20.8 Å². The molecule has 1 atom stereocenters. The van der Waals surface area contributed by atoms with Crippen molar-refractivity contribution in [2.24, 2.45) is 5.92 Å². The largest absolute Gasteiger partial charge is 0.351 e. The molecule has 0 aromatic rings. The number of nitrogens with one attached hydrogen (secondary N) is 1. The van der Waals surface area contributed by atoms with Crippen LogP contribution in [0.25, 0.3) is 0 Å². The predicted octanol–water partition coefficient (Wildman–Crippen LogP) is 0.379. The lowest BCUT2D eigenvalue weighted by atomic mass is 10.2. The van der Waals surface area contributed by atoms with Crippen LogP contribution in [0, 0.1) is 5.92 Å². The third-order valence-corrected chi connectivity index (χ3v) is 2.47. The van der Waals surface area contributed by atoms with E-state index in [-0.39, 0.29) is 23.8 Å². The molecule has 1 heterocycles. The second-order valence-electron chi connectivity index (χ2n) is 4.00. The van der Waals surface area contributed by atoms with Crippen molar-refractivity contribution >= 4 is 11.8 Å². The lowest BCUT2D eigenvalue weighted by Crippen LogP contribution is -2.39. The molecular formula is C10H18N2O2. The van der Waals surface area contributed by atoms with E-state index in [1.54, 1.807) is 4.90 Å². The van der Waals surface area contributed by atoms with Crippen LogP contribution in [-0.2, 0) is 9.59 Å². The zero-order chi connectivity index (χ0) is 10.7. The van der Waals surface area contributed by atoms with E-state index in [0.717, 1.165) is 6.54 Å². The van der Waals surface area contributed by atoms with E-state index in [9.17, 15) is 9.59 Å². The van der Waals surface area contributed by atoms with Gasteiger partial charge in [0.05, 0.1) is 6.04 Å². The van der Waals surface area contributed by atoms with E-state index in [4.69, 9.17) is 0 Å². The van der Waals surface area contributed by atoms with Crippen molar-refractivity contribution in [1.82, 2.24) is 10.2 Å². The molecule has 0 radical (unpaired) electrons. The van der Waals surface area contributed by atoms with Gasteiger partial charge >= 0.3 is 0 Å². The van der Waals surface area contributed by atoms with Crippen LogP contribution >= 0.6 is 0 Å². The standard InChI is InChI=1S/C10H18N2O2/c1-4-12-6-8(5-9(12)13)11-10(14)7(2)3/h7-8H,4-6H2,1-3H3,(H,11,14). The molecule has 1 unspecified atom stereocenters. The molecule has 0 spiro atoms. The summed E-state index contributed by atoms with van der Waals surface area (Å²) in [6, 6.07) is 0.0114. The van der Waals surface area contributed by atoms with E-state index in [2.05, 4.69) is 5.32 Å². The van der Waals surface area contributed by atoms with Crippen molar-refractivity contribution < 1.29 is 9.59 Å². The molecule has 1 saturated heterocycles. The van der Waals surface area contributed by atoms with Crippen LogP contribution in [0.4, 0.5) is 0 Å². The Labute approximate surface area is 84.7 Å². The number of amides is 2. The summed E-state index contributed by atoms with van der Waals surface area (Å²) < 4.78 is 0. The molecule has 0 bridgehead atoms. The molecule has 4 nitrogen and oxygen atoms in total. The average Bonchev–Trinajstić information content (AvgIpc) is 2.45. The third-order valence-electron chi connectivity index (χ3n) is 2.47. The van der Waals surface area contributed by atoms with Crippen LogP contribution in [0.3, 0.4) is 0 Å². The highest BCUT2D eigenvalue weighted by Crippen LogP contribution is 2.10. The van der Waals surface area contributed by atoms with Crippen molar-refractivity contribution in [1.29, 1.82) is 0 Å². The molecule has 4 heteroatoms. The second-order valence-corrected chi connectivity index (χ2v) is 4.00. The van der Waals surface area contributed by atoms with E-state index >= 15 is 0 Å². The first-order valence-corrected chi connectivity index (χ1v) is 5.12. The lowest BCUT2D eigenvalue weighted by Gasteiger charge is -2.15. The predicted molar refractivity (Wildman–Crippen MR) is 53.6 cm³/mol. The van der Waals surface area contributed by atoms with Gasteiger partial charge in [0, 0.05) is 25.4 Å². The summed E-state index contributed by atoms with van der Waals surface area (Å²) in [5, 5.41) is 2.87. The number of likely N-dealkylation sites (tertiary alicyclic amines) is 1. The number of nitrogens with zero attached hydrogens (tertiary/aromatic N) is 1. The molecule has 1 aliphatic rings. The van der Waals surface area contributed by atoms with Crippen molar-refractivity contribution in [3.05, 3.63) is 0 Å². The summed E-state index contributed by atoms with van der Waals surface area (Å²) in [4.78, 5) is 24.5. The van der Waals surface area contributed by atoms with Crippen molar-refractivity contribution in [2.45, 2.75) is 33.2 Å². The van der Waals surface area contributed by atoms with Crippen LogP contribution in [-0.4, -0.2) is 35.8 Å². The number of likely N-dealkylation sites (N-methyl/N-ethyl adjacent to an activating group) is 1. The van der Waals surface area contributed by atoms with Crippen LogP contribution in [0.15, 0.2) is 0 Å². The monoisotopic (exact) mass is 198 g/mol. The number of hydrogen-bond donors (Lipinski definition) is 1. The van der Waals surface area contributed by atoms with Crippen LogP contribution in [0.1, 0.15) is 27.2 Å². The molecule has 2 amide bonds.